The number of ether oxygens (including phenoxy) is 1. The van der Waals surface area contributed by atoms with E-state index in [0.29, 0.717) is 13.0 Å². The molecule has 1 rings (SSSR count). The maximum absolute atomic E-state index is 11.4. The maximum Gasteiger partial charge on any atom is 0.307 e. The van der Waals surface area contributed by atoms with Crippen LogP contribution in [0.4, 0.5) is 0 Å². The molecule has 16 heavy (non-hydrogen) atoms. The smallest absolute Gasteiger partial charge is 0.307 e. The molecule has 0 aliphatic heterocycles. The third-order valence-electron chi connectivity index (χ3n) is 3.13. The topological polar surface area (TPSA) is 55.4 Å². The van der Waals surface area contributed by atoms with Gasteiger partial charge in [0.15, 0.2) is 0 Å². The Hall–Kier alpha value is -1.06. The fourth-order valence-corrected chi connectivity index (χ4v) is 2.13. The van der Waals surface area contributed by atoms with E-state index in [-0.39, 0.29) is 18.3 Å². The van der Waals surface area contributed by atoms with Crippen molar-refractivity contribution in [3.8, 4) is 0 Å². The van der Waals surface area contributed by atoms with Crippen LogP contribution in [-0.4, -0.2) is 25.5 Å². The number of rotatable bonds is 6. The summed E-state index contributed by atoms with van der Waals surface area (Å²) in [4.78, 5) is 22.2. The maximum atomic E-state index is 11.4. The molecule has 4 heteroatoms. The van der Waals surface area contributed by atoms with Crippen molar-refractivity contribution in [3.63, 3.8) is 0 Å². The van der Waals surface area contributed by atoms with Gasteiger partial charge in [0.05, 0.1) is 13.5 Å². The number of amides is 1. The lowest BCUT2D eigenvalue weighted by atomic mass is 10.0. The standard InChI is InChI=1S/C12H21NO3/c1-16-12(15)8-9-13-11(14)7-6-10-4-2-3-5-10/h10H,2-9H2,1H3,(H,13,14). The van der Waals surface area contributed by atoms with Gasteiger partial charge in [0.1, 0.15) is 0 Å². The second-order valence-corrected chi connectivity index (χ2v) is 4.37. The van der Waals surface area contributed by atoms with E-state index in [2.05, 4.69) is 10.1 Å². The van der Waals surface area contributed by atoms with E-state index in [1.807, 2.05) is 0 Å². The quantitative estimate of drug-likeness (QED) is 0.702. The van der Waals surface area contributed by atoms with Gasteiger partial charge in [-0.2, -0.15) is 0 Å². The van der Waals surface area contributed by atoms with E-state index in [1.165, 1.54) is 32.8 Å². The number of carbonyl (C=O) groups excluding carboxylic acids is 2. The average Bonchev–Trinajstić information content (AvgIpc) is 2.79. The molecule has 0 aromatic rings. The lowest BCUT2D eigenvalue weighted by Crippen LogP contribution is -2.26. The molecule has 1 N–H and O–H groups in total. The average molecular weight is 227 g/mol. The molecule has 0 bridgehead atoms. The van der Waals surface area contributed by atoms with Crippen LogP contribution in [0.15, 0.2) is 0 Å². The Morgan fingerprint density at radius 1 is 1.25 bits per heavy atom. The summed E-state index contributed by atoms with van der Waals surface area (Å²) in [5, 5.41) is 2.73. The zero-order chi connectivity index (χ0) is 11.8. The molecule has 92 valence electrons. The van der Waals surface area contributed by atoms with Crippen molar-refractivity contribution < 1.29 is 14.3 Å². The highest BCUT2D eigenvalue weighted by Crippen LogP contribution is 2.28. The minimum absolute atomic E-state index is 0.0517. The Bertz CT molecular complexity index is 234. The lowest BCUT2D eigenvalue weighted by Gasteiger charge is -2.08. The van der Waals surface area contributed by atoms with E-state index in [0.717, 1.165) is 12.3 Å². The third kappa shape index (κ3) is 5.14. The van der Waals surface area contributed by atoms with Gasteiger partial charge >= 0.3 is 5.97 Å². The Morgan fingerprint density at radius 2 is 1.94 bits per heavy atom. The fourth-order valence-electron chi connectivity index (χ4n) is 2.13. The minimum atomic E-state index is -0.281. The predicted octanol–water partition coefficient (Wildman–Crippen LogP) is 1.64. The molecular weight excluding hydrogens is 206 g/mol. The van der Waals surface area contributed by atoms with Crippen molar-refractivity contribution in [3.05, 3.63) is 0 Å². The first kappa shape index (κ1) is 13.0. The van der Waals surface area contributed by atoms with Crippen molar-refractivity contribution in [1.29, 1.82) is 0 Å². The van der Waals surface area contributed by atoms with Gasteiger partial charge in [-0.1, -0.05) is 25.7 Å². The largest absolute Gasteiger partial charge is 0.469 e. The minimum Gasteiger partial charge on any atom is -0.469 e. The summed E-state index contributed by atoms with van der Waals surface area (Å²) in [5.41, 5.74) is 0. The number of methoxy groups -OCH3 is 1. The van der Waals surface area contributed by atoms with Crippen LogP contribution in [0.1, 0.15) is 44.9 Å². The van der Waals surface area contributed by atoms with Crippen LogP contribution < -0.4 is 5.32 Å². The second kappa shape index (κ2) is 7.25. The van der Waals surface area contributed by atoms with Crippen molar-refractivity contribution in [2.45, 2.75) is 44.9 Å². The molecule has 1 fully saturated rings. The Labute approximate surface area is 96.7 Å². The molecule has 0 unspecified atom stereocenters. The van der Waals surface area contributed by atoms with Gasteiger partial charge in [-0.05, 0) is 12.3 Å². The lowest BCUT2D eigenvalue weighted by molar-refractivity contribution is -0.140. The summed E-state index contributed by atoms with van der Waals surface area (Å²) in [6, 6.07) is 0. The Kier molecular flexibility index (Phi) is 5.90. The van der Waals surface area contributed by atoms with E-state index in [4.69, 9.17) is 0 Å². The van der Waals surface area contributed by atoms with Gasteiger partial charge < -0.3 is 10.1 Å². The first-order valence-electron chi connectivity index (χ1n) is 6.06. The highest BCUT2D eigenvalue weighted by molar-refractivity contribution is 5.76. The van der Waals surface area contributed by atoms with Crippen molar-refractivity contribution in [1.82, 2.24) is 5.32 Å². The van der Waals surface area contributed by atoms with Crippen molar-refractivity contribution in [2.24, 2.45) is 5.92 Å². The number of nitrogens with one attached hydrogen (secondary N) is 1. The molecular formula is C12H21NO3. The summed E-state index contributed by atoms with van der Waals surface area (Å²) in [6.07, 6.45) is 7.01. The normalized spacial score (nSPS) is 16.1. The molecule has 0 saturated heterocycles. The number of esters is 1. The molecule has 0 heterocycles. The highest BCUT2D eigenvalue weighted by Gasteiger charge is 2.15. The van der Waals surface area contributed by atoms with Gasteiger partial charge in [0.25, 0.3) is 0 Å². The van der Waals surface area contributed by atoms with E-state index < -0.39 is 0 Å². The van der Waals surface area contributed by atoms with Crippen LogP contribution in [0, 0.1) is 5.92 Å². The molecule has 1 aliphatic carbocycles. The predicted molar refractivity (Wildman–Crippen MR) is 60.8 cm³/mol. The molecule has 0 radical (unpaired) electrons. The first-order chi connectivity index (χ1) is 7.72. The van der Waals surface area contributed by atoms with E-state index in [9.17, 15) is 9.59 Å². The molecule has 1 saturated carbocycles. The van der Waals surface area contributed by atoms with Crippen LogP contribution in [0.5, 0.6) is 0 Å². The third-order valence-corrected chi connectivity index (χ3v) is 3.13. The second-order valence-electron chi connectivity index (χ2n) is 4.37. The number of hydrogen-bond donors (Lipinski definition) is 1. The molecule has 0 atom stereocenters. The molecule has 1 aliphatic rings. The number of carbonyl (C=O) groups is 2. The van der Waals surface area contributed by atoms with Gasteiger partial charge in [0.2, 0.25) is 5.91 Å². The van der Waals surface area contributed by atoms with Crippen LogP contribution >= 0.6 is 0 Å². The number of hydrogen-bond acceptors (Lipinski definition) is 3. The summed E-state index contributed by atoms with van der Waals surface area (Å²) in [7, 11) is 1.35. The van der Waals surface area contributed by atoms with Crippen LogP contribution in [-0.2, 0) is 14.3 Å². The Balaban J connectivity index is 2.00. The summed E-state index contributed by atoms with van der Waals surface area (Å²) < 4.78 is 4.48. The molecule has 0 spiro atoms. The first-order valence-corrected chi connectivity index (χ1v) is 6.06. The summed E-state index contributed by atoms with van der Waals surface area (Å²) >= 11 is 0. The highest BCUT2D eigenvalue weighted by atomic mass is 16.5. The van der Waals surface area contributed by atoms with Gasteiger partial charge in [-0.3, -0.25) is 9.59 Å². The van der Waals surface area contributed by atoms with Gasteiger partial charge in [0, 0.05) is 13.0 Å². The molecule has 1 amide bonds. The van der Waals surface area contributed by atoms with Crippen LogP contribution in [0.3, 0.4) is 0 Å². The van der Waals surface area contributed by atoms with E-state index >= 15 is 0 Å². The molecule has 0 aromatic carbocycles. The van der Waals surface area contributed by atoms with Crippen molar-refractivity contribution in [2.75, 3.05) is 13.7 Å². The molecule has 4 nitrogen and oxygen atoms in total. The Morgan fingerprint density at radius 3 is 2.56 bits per heavy atom. The zero-order valence-electron chi connectivity index (χ0n) is 9.96. The van der Waals surface area contributed by atoms with Gasteiger partial charge in [-0.25, -0.2) is 0 Å². The molecule has 0 aromatic heterocycles. The zero-order valence-corrected chi connectivity index (χ0v) is 9.96. The summed E-state index contributed by atoms with van der Waals surface area (Å²) in [6.45, 7) is 0.385. The monoisotopic (exact) mass is 227 g/mol. The van der Waals surface area contributed by atoms with Crippen LogP contribution in [0.2, 0.25) is 0 Å². The van der Waals surface area contributed by atoms with Gasteiger partial charge in [-0.15, -0.1) is 0 Å². The van der Waals surface area contributed by atoms with E-state index in [1.54, 1.807) is 0 Å². The van der Waals surface area contributed by atoms with Crippen LogP contribution in [0.25, 0.3) is 0 Å². The van der Waals surface area contributed by atoms with Crippen molar-refractivity contribution >= 4 is 11.9 Å². The summed E-state index contributed by atoms with van der Waals surface area (Å²) in [5.74, 6) is 0.512. The SMILES string of the molecule is COC(=O)CCNC(=O)CCC1CCCC1. The fraction of sp³-hybridized carbons (Fsp3) is 0.833.